The number of hydrogen-bond acceptors (Lipinski definition) is 5. The van der Waals surface area contributed by atoms with Gasteiger partial charge in [0, 0.05) is 18.2 Å². The maximum atomic E-state index is 11.6. The number of carbonyl (C=O) groups excluding carboxylic acids is 1. The van der Waals surface area contributed by atoms with Gasteiger partial charge in [-0.2, -0.15) is 4.73 Å². The standard InChI is InChI=1S/C16H18N2O5/c19-14(15(20)13-7-4-8-18(22)10-13)9-17-16(21)23-11-12-5-2-1-3-6-12/h1-8,10,14-15,19-20H,9,11H2,(H,17,21). The minimum absolute atomic E-state index is 0.111. The number of rotatable bonds is 6. The zero-order chi connectivity index (χ0) is 16.7. The van der Waals surface area contributed by atoms with Crippen LogP contribution in [-0.4, -0.2) is 29.0 Å². The van der Waals surface area contributed by atoms with E-state index in [0.29, 0.717) is 4.73 Å². The van der Waals surface area contributed by atoms with E-state index in [9.17, 15) is 20.2 Å². The summed E-state index contributed by atoms with van der Waals surface area (Å²) in [5, 5.41) is 33.3. The van der Waals surface area contributed by atoms with Gasteiger partial charge >= 0.3 is 6.09 Å². The fraction of sp³-hybridized carbons (Fsp3) is 0.250. The van der Waals surface area contributed by atoms with Gasteiger partial charge in [0.05, 0.1) is 0 Å². The first-order valence-electron chi connectivity index (χ1n) is 7.05. The second-order valence-electron chi connectivity index (χ2n) is 4.95. The summed E-state index contributed by atoms with van der Waals surface area (Å²) in [6.45, 7) is -0.0945. The largest absolute Gasteiger partial charge is 0.619 e. The Labute approximate surface area is 133 Å². The SMILES string of the molecule is O=C(NCC(O)C(O)c1ccc[n+]([O-])c1)OCc1ccccc1. The monoisotopic (exact) mass is 318 g/mol. The van der Waals surface area contributed by atoms with Crippen LogP contribution in [0.2, 0.25) is 0 Å². The van der Waals surface area contributed by atoms with Crippen molar-refractivity contribution in [1.82, 2.24) is 5.32 Å². The molecule has 2 rings (SSSR count). The van der Waals surface area contributed by atoms with Crippen molar-refractivity contribution in [3.05, 3.63) is 71.2 Å². The number of aliphatic hydroxyl groups excluding tert-OH is 2. The smallest absolute Gasteiger partial charge is 0.407 e. The van der Waals surface area contributed by atoms with Crippen molar-refractivity contribution in [3.8, 4) is 0 Å². The lowest BCUT2D eigenvalue weighted by Crippen LogP contribution is -2.36. The Kier molecular flexibility index (Phi) is 5.90. The third-order valence-corrected chi connectivity index (χ3v) is 3.17. The number of aromatic nitrogens is 1. The Morgan fingerprint density at radius 1 is 1.22 bits per heavy atom. The topological polar surface area (TPSA) is 106 Å². The van der Waals surface area contributed by atoms with Crippen LogP contribution in [0.25, 0.3) is 0 Å². The normalized spacial score (nSPS) is 13.1. The lowest BCUT2D eigenvalue weighted by Gasteiger charge is -2.17. The van der Waals surface area contributed by atoms with Crippen LogP contribution in [0.4, 0.5) is 4.79 Å². The fourth-order valence-electron chi connectivity index (χ4n) is 1.94. The molecular formula is C16H18N2O5. The van der Waals surface area contributed by atoms with Crippen molar-refractivity contribution >= 4 is 6.09 Å². The number of ether oxygens (including phenoxy) is 1. The van der Waals surface area contributed by atoms with Crippen molar-refractivity contribution < 1.29 is 24.5 Å². The van der Waals surface area contributed by atoms with E-state index in [1.165, 1.54) is 18.3 Å². The van der Waals surface area contributed by atoms with Gasteiger partial charge in [0.15, 0.2) is 12.4 Å². The number of amides is 1. The molecule has 2 atom stereocenters. The summed E-state index contributed by atoms with van der Waals surface area (Å²) >= 11 is 0. The van der Waals surface area contributed by atoms with Gasteiger partial charge in [-0.25, -0.2) is 4.79 Å². The molecule has 23 heavy (non-hydrogen) atoms. The summed E-state index contributed by atoms with van der Waals surface area (Å²) < 4.78 is 5.51. The highest BCUT2D eigenvalue weighted by atomic mass is 16.5. The number of aliphatic hydroxyl groups is 2. The van der Waals surface area contributed by atoms with Gasteiger partial charge in [-0.1, -0.05) is 30.3 Å². The van der Waals surface area contributed by atoms with Crippen molar-refractivity contribution in [2.24, 2.45) is 0 Å². The van der Waals surface area contributed by atoms with Crippen LogP contribution in [0.3, 0.4) is 0 Å². The number of nitrogens with zero attached hydrogens (tertiary/aromatic N) is 1. The molecule has 1 amide bonds. The maximum absolute atomic E-state index is 11.6. The van der Waals surface area contributed by atoms with Crippen LogP contribution in [0.5, 0.6) is 0 Å². The molecule has 0 saturated heterocycles. The molecule has 7 heteroatoms. The molecular weight excluding hydrogens is 300 g/mol. The van der Waals surface area contributed by atoms with E-state index in [-0.39, 0.29) is 18.7 Å². The van der Waals surface area contributed by atoms with Gasteiger partial charge < -0.3 is 25.5 Å². The number of carbonyl (C=O) groups is 1. The summed E-state index contributed by atoms with van der Waals surface area (Å²) in [6, 6.07) is 12.1. The highest BCUT2D eigenvalue weighted by Gasteiger charge is 2.21. The van der Waals surface area contributed by atoms with Crippen LogP contribution < -0.4 is 10.0 Å². The van der Waals surface area contributed by atoms with Crippen molar-refractivity contribution in [3.63, 3.8) is 0 Å². The van der Waals surface area contributed by atoms with Gasteiger partial charge in [0.2, 0.25) is 0 Å². The Hall–Kier alpha value is -2.64. The van der Waals surface area contributed by atoms with Crippen molar-refractivity contribution in [2.75, 3.05) is 6.54 Å². The number of benzene rings is 1. The highest BCUT2D eigenvalue weighted by molar-refractivity contribution is 5.67. The van der Waals surface area contributed by atoms with E-state index < -0.39 is 18.3 Å². The average Bonchev–Trinajstić information content (AvgIpc) is 2.58. The zero-order valence-corrected chi connectivity index (χ0v) is 12.3. The first-order valence-corrected chi connectivity index (χ1v) is 7.05. The Morgan fingerprint density at radius 3 is 2.65 bits per heavy atom. The van der Waals surface area contributed by atoms with Crippen LogP contribution >= 0.6 is 0 Å². The minimum Gasteiger partial charge on any atom is -0.619 e. The lowest BCUT2D eigenvalue weighted by molar-refractivity contribution is -0.606. The summed E-state index contributed by atoms with van der Waals surface area (Å²) in [6.07, 6.45) is -0.830. The number of pyridine rings is 1. The first-order chi connectivity index (χ1) is 11.1. The average molecular weight is 318 g/mol. The lowest BCUT2D eigenvalue weighted by atomic mass is 10.1. The quantitative estimate of drug-likeness (QED) is 0.535. The second-order valence-corrected chi connectivity index (χ2v) is 4.95. The van der Waals surface area contributed by atoms with Crippen LogP contribution in [-0.2, 0) is 11.3 Å². The van der Waals surface area contributed by atoms with Crippen molar-refractivity contribution in [1.29, 1.82) is 0 Å². The molecule has 0 saturated carbocycles. The number of nitrogens with one attached hydrogen (secondary N) is 1. The van der Waals surface area contributed by atoms with Gasteiger partial charge in [0.1, 0.15) is 18.8 Å². The first kappa shape index (κ1) is 16.7. The van der Waals surface area contributed by atoms with E-state index in [1.54, 1.807) is 0 Å². The molecule has 7 nitrogen and oxygen atoms in total. The Morgan fingerprint density at radius 2 is 1.96 bits per heavy atom. The molecule has 0 aliphatic heterocycles. The fourth-order valence-corrected chi connectivity index (χ4v) is 1.94. The predicted molar refractivity (Wildman–Crippen MR) is 81.0 cm³/mol. The zero-order valence-electron chi connectivity index (χ0n) is 12.3. The molecule has 3 N–H and O–H groups in total. The molecule has 1 heterocycles. The molecule has 0 fully saturated rings. The molecule has 0 aliphatic carbocycles. The number of alkyl carbamates (subject to hydrolysis) is 1. The summed E-state index contributed by atoms with van der Waals surface area (Å²) in [5.74, 6) is 0. The van der Waals surface area contributed by atoms with E-state index in [0.717, 1.165) is 11.8 Å². The number of hydrogen-bond donors (Lipinski definition) is 3. The van der Waals surface area contributed by atoms with Crippen LogP contribution in [0, 0.1) is 5.21 Å². The summed E-state index contributed by atoms with van der Waals surface area (Å²) in [4.78, 5) is 11.6. The van der Waals surface area contributed by atoms with Gasteiger partial charge in [-0.15, -0.1) is 0 Å². The maximum Gasteiger partial charge on any atom is 0.407 e. The van der Waals surface area contributed by atoms with E-state index in [1.807, 2.05) is 30.3 Å². The molecule has 0 spiro atoms. The third-order valence-electron chi connectivity index (χ3n) is 3.17. The summed E-state index contributed by atoms with van der Waals surface area (Å²) in [7, 11) is 0. The molecule has 1 aromatic heterocycles. The van der Waals surface area contributed by atoms with E-state index >= 15 is 0 Å². The van der Waals surface area contributed by atoms with E-state index in [4.69, 9.17) is 4.74 Å². The molecule has 0 aliphatic rings. The van der Waals surface area contributed by atoms with E-state index in [2.05, 4.69) is 5.32 Å². The summed E-state index contributed by atoms with van der Waals surface area (Å²) in [5.41, 5.74) is 1.10. The third kappa shape index (κ3) is 5.24. The Bertz CT molecular complexity index is 635. The van der Waals surface area contributed by atoms with Crippen LogP contribution in [0.15, 0.2) is 54.9 Å². The van der Waals surface area contributed by atoms with Crippen LogP contribution in [0.1, 0.15) is 17.2 Å². The molecule has 122 valence electrons. The Balaban J connectivity index is 1.77. The molecule has 2 unspecified atom stereocenters. The molecule has 0 bridgehead atoms. The molecule has 0 radical (unpaired) electrons. The van der Waals surface area contributed by atoms with Gasteiger partial charge in [-0.05, 0) is 11.6 Å². The second kappa shape index (κ2) is 8.11. The van der Waals surface area contributed by atoms with Crippen molar-refractivity contribution in [2.45, 2.75) is 18.8 Å². The molecule has 1 aromatic carbocycles. The minimum atomic E-state index is -1.29. The predicted octanol–water partition coefficient (Wildman–Crippen LogP) is 0.641. The van der Waals surface area contributed by atoms with Gasteiger partial charge in [-0.3, -0.25) is 0 Å². The molecule has 2 aromatic rings. The highest BCUT2D eigenvalue weighted by Crippen LogP contribution is 2.14. The van der Waals surface area contributed by atoms with Gasteiger partial charge in [0.25, 0.3) is 0 Å².